The van der Waals surface area contributed by atoms with E-state index in [1.54, 1.807) is 12.3 Å². The third-order valence-corrected chi connectivity index (χ3v) is 3.18. The molecule has 0 bridgehead atoms. The van der Waals surface area contributed by atoms with Gasteiger partial charge in [-0.25, -0.2) is 9.97 Å². The first kappa shape index (κ1) is 12.1. The van der Waals surface area contributed by atoms with E-state index in [9.17, 15) is 4.79 Å². The van der Waals surface area contributed by atoms with Crippen molar-refractivity contribution in [3.63, 3.8) is 0 Å². The van der Waals surface area contributed by atoms with E-state index in [0.717, 1.165) is 38.2 Å². The second-order valence-electron chi connectivity index (χ2n) is 4.57. The Morgan fingerprint density at radius 1 is 1.41 bits per heavy atom. The van der Waals surface area contributed by atoms with Crippen molar-refractivity contribution < 1.29 is 4.79 Å². The molecule has 1 aromatic rings. The fourth-order valence-corrected chi connectivity index (χ4v) is 2.17. The Labute approximate surface area is 101 Å². The van der Waals surface area contributed by atoms with Gasteiger partial charge in [-0.2, -0.15) is 0 Å². The van der Waals surface area contributed by atoms with Crippen LogP contribution in [0.1, 0.15) is 28.8 Å². The molecular weight excluding hydrogens is 216 g/mol. The van der Waals surface area contributed by atoms with E-state index in [1.807, 2.05) is 0 Å². The van der Waals surface area contributed by atoms with Gasteiger partial charge in [-0.15, -0.1) is 0 Å². The van der Waals surface area contributed by atoms with Gasteiger partial charge in [-0.1, -0.05) is 0 Å². The molecule has 0 N–H and O–H groups in total. The average Bonchev–Trinajstić information content (AvgIpc) is 2.51. The summed E-state index contributed by atoms with van der Waals surface area (Å²) >= 11 is 0. The van der Waals surface area contributed by atoms with E-state index in [1.165, 1.54) is 0 Å². The number of likely N-dealkylation sites (N-methyl/N-ethyl adjacent to an activating group) is 2. The highest BCUT2D eigenvalue weighted by molar-refractivity contribution is 5.71. The number of aldehydes is 1. The molecule has 0 radical (unpaired) electrons. The molecule has 0 aliphatic carbocycles. The highest BCUT2D eigenvalue weighted by atomic mass is 16.1. The van der Waals surface area contributed by atoms with E-state index < -0.39 is 0 Å². The number of nitrogens with zero attached hydrogens (tertiary/aromatic N) is 4. The molecule has 0 amide bonds. The molecule has 0 spiro atoms. The van der Waals surface area contributed by atoms with Gasteiger partial charge in [0, 0.05) is 12.7 Å². The molecule has 1 aliphatic rings. The molecule has 92 valence electrons. The Morgan fingerprint density at radius 2 is 2.24 bits per heavy atom. The molecule has 17 heavy (non-hydrogen) atoms. The van der Waals surface area contributed by atoms with Crippen molar-refractivity contribution in [1.82, 2.24) is 19.8 Å². The van der Waals surface area contributed by atoms with Crippen LogP contribution in [0.4, 0.5) is 0 Å². The van der Waals surface area contributed by atoms with Gasteiger partial charge in [0.15, 0.2) is 6.29 Å². The predicted molar refractivity (Wildman–Crippen MR) is 64.9 cm³/mol. The molecule has 1 atom stereocenters. The minimum Gasteiger partial charge on any atom is -0.304 e. The van der Waals surface area contributed by atoms with Gasteiger partial charge in [-0.3, -0.25) is 9.69 Å². The number of hydrogen-bond acceptors (Lipinski definition) is 5. The topological polar surface area (TPSA) is 49.3 Å². The predicted octanol–water partition coefficient (Wildman–Crippen LogP) is 0.597. The van der Waals surface area contributed by atoms with Crippen LogP contribution < -0.4 is 0 Å². The molecular formula is C12H18N4O. The van der Waals surface area contributed by atoms with Gasteiger partial charge in [0.1, 0.15) is 11.5 Å². The monoisotopic (exact) mass is 234 g/mol. The van der Waals surface area contributed by atoms with Gasteiger partial charge >= 0.3 is 0 Å². The van der Waals surface area contributed by atoms with E-state index in [0.29, 0.717) is 5.69 Å². The Bertz CT molecular complexity index is 396. The summed E-state index contributed by atoms with van der Waals surface area (Å²) in [5, 5.41) is 0. The molecule has 5 nitrogen and oxygen atoms in total. The molecule has 5 heteroatoms. The van der Waals surface area contributed by atoms with E-state index in [4.69, 9.17) is 0 Å². The van der Waals surface area contributed by atoms with E-state index in [2.05, 4.69) is 33.9 Å². The summed E-state index contributed by atoms with van der Waals surface area (Å²) in [4.78, 5) is 23.9. The van der Waals surface area contributed by atoms with Crippen molar-refractivity contribution in [3.8, 4) is 0 Å². The zero-order valence-electron chi connectivity index (χ0n) is 10.3. The number of rotatable bonds is 2. The molecule has 1 aliphatic heterocycles. The van der Waals surface area contributed by atoms with Crippen LogP contribution in [0.3, 0.4) is 0 Å². The summed E-state index contributed by atoms with van der Waals surface area (Å²) in [6.07, 6.45) is 3.58. The lowest BCUT2D eigenvalue weighted by Gasteiger charge is -2.25. The fraction of sp³-hybridized carbons (Fsp3) is 0.583. The van der Waals surface area contributed by atoms with Crippen molar-refractivity contribution in [1.29, 1.82) is 0 Å². The van der Waals surface area contributed by atoms with Gasteiger partial charge in [0.25, 0.3) is 0 Å². The maximum absolute atomic E-state index is 10.7. The fourth-order valence-electron chi connectivity index (χ4n) is 2.17. The lowest BCUT2D eigenvalue weighted by atomic mass is 10.2. The summed E-state index contributed by atoms with van der Waals surface area (Å²) in [6.45, 7) is 3.02. The molecule has 2 heterocycles. The Balaban J connectivity index is 2.25. The van der Waals surface area contributed by atoms with Crippen molar-refractivity contribution in [2.45, 2.75) is 12.5 Å². The molecule has 2 rings (SSSR count). The zero-order valence-corrected chi connectivity index (χ0v) is 10.3. The summed E-state index contributed by atoms with van der Waals surface area (Å²) in [7, 11) is 4.19. The van der Waals surface area contributed by atoms with Crippen LogP contribution in [0.5, 0.6) is 0 Å². The summed E-state index contributed by atoms with van der Waals surface area (Å²) in [6, 6.07) is 1.80. The maximum Gasteiger partial charge on any atom is 0.168 e. The average molecular weight is 234 g/mol. The first-order valence-corrected chi connectivity index (χ1v) is 5.87. The minimum absolute atomic E-state index is 0.169. The third kappa shape index (κ3) is 2.87. The van der Waals surface area contributed by atoms with Gasteiger partial charge in [0.05, 0.1) is 6.04 Å². The minimum atomic E-state index is 0.169. The smallest absolute Gasteiger partial charge is 0.168 e. The van der Waals surface area contributed by atoms with Crippen molar-refractivity contribution in [2.24, 2.45) is 0 Å². The number of aromatic nitrogens is 2. The van der Waals surface area contributed by atoms with Crippen LogP contribution in [0, 0.1) is 0 Å². The lowest BCUT2D eigenvalue weighted by Crippen LogP contribution is -2.32. The Kier molecular flexibility index (Phi) is 3.81. The number of carbonyl (C=O) groups is 1. The molecule has 1 aromatic heterocycles. The molecule has 1 saturated heterocycles. The number of hydrogen-bond donors (Lipinski definition) is 0. The van der Waals surface area contributed by atoms with E-state index >= 15 is 0 Å². The van der Waals surface area contributed by atoms with Crippen LogP contribution in [0.2, 0.25) is 0 Å². The van der Waals surface area contributed by atoms with Gasteiger partial charge < -0.3 is 4.90 Å². The second-order valence-corrected chi connectivity index (χ2v) is 4.57. The van der Waals surface area contributed by atoms with Crippen molar-refractivity contribution in [2.75, 3.05) is 33.7 Å². The highest BCUT2D eigenvalue weighted by Gasteiger charge is 2.24. The standard InChI is InChI=1S/C12H18N4O/c1-15-6-3-7-16(2)11(8-15)12-13-5-4-10(9-17)14-12/h4-5,9,11H,3,6-8H2,1-2H3. The van der Waals surface area contributed by atoms with Crippen LogP contribution in [0.15, 0.2) is 12.3 Å². The second kappa shape index (κ2) is 5.33. The molecule has 1 fully saturated rings. The van der Waals surface area contributed by atoms with Gasteiger partial charge in [-0.05, 0) is 39.7 Å². The van der Waals surface area contributed by atoms with Gasteiger partial charge in [0.2, 0.25) is 0 Å². The van der Waals surface area contributed by atoms with Crippen LogP contribution >= 0.6 is 0 Å². The summed E-state index contributed by atoms with van der Waals surface area (Å²) in [5.74, 6) is 0.742. The van der Waals surface area contributed by atoms with E-state index in [-0.39, 0.29) is 6.04 Å². The zero-order chi connectivity index (χ0) is 12.3. The lowest BCUT2D eigenvalue weighted by molar-refractivity contribution is 0.111. The Hall–Kier alpha value is -1.33. The SMILES string of the molecule is CN1CCCN(C)C(c2nccc(C=O)n2)C1. The third-order valence-electron chi connectivity index (χ3n) is 3.18. The first-order valence-electron chi connectivity index (χ1n) is 5.87. The van der Waals surface area contributed by atoms with Crippen LogP contribution in [-0.4, -0.2) is 59.8 Å². The summed E-state index contributed by atoms with van der Waals surface area (Å²) < 4.78 is 0. The first-order chi connectivity index (χ1) is 8.20. The molecule has 0 saturated carbocycles. The van der Waals surface area contributed by atoms with Crippen LogP contribution in [-0.2, 0) is 0 Å². The normalized spacial score (nSPS) is 23.3. The molecule has 1 unspecified atom stereocenters. The van der Waals surface area contributed by atoms with Crippen LogP contribution in [0.25, 0.3) is 0 Å². The maximum atomic E-state index is 10.7. The highest BCUT2D eigenvalue weighted by Crippen LogP contribution is 2.19. The quantitative estimate of drug-likeness (QED) is 0.701. The number of carbonyl (C=O) groups excluding carboxylic acids is 1. The Morgan fingerprint density at radius 3 is 3.00 bits per heavy atom. The molecule has 0 aromatic carbocycles. The van der Waals surface area contributed by atoms with Crippen molar-refractivity contribution in [3.05, 3.63) is 23.8 Å². The summed E-state index contributed by atoms with van der Waals surface area (Å²) in [5.41, 5.74) is 0.454. The van der Waals surface area contributed by atoms with Crippen molar-refractivity contribution >= 4 is 6.29 Å². The largest absolute Gasteiger partial charge is 0.304 e.